The normalized spacial score (nSPS) is 15.3. The monoisotopic (exact) mass is 526 g/mol. The number of nitrogens with zero attached hydrogens (tertiary/aromatic N) is 2. The highest BCUT2D eigenvalue weighted by Gasteiger charge is 2.19. The van der Waals surface area contributed by atoms with Gasteiger partial charge in [-0.25, -0.2) is 4.39 Å². The van der Waals surface area contributed by atoms with E-state index in [0.717, 1.165) is 51.4 Å². The number of guanidine groups is 1. The molecule has 0 aromatic heterocycles. The first-order chi connectivity index (χ1) is 14.2. The van der Waals surface area contributed by atoms with Gasteiger partial charge in [0.05, 0.1) is 6.61 Å². The average molecular weight is 526 g/mol. The van der Waals surface area contributed by atoms with Crippen molar-refractivity contribution >= 4 is 29.9 Å². The van der Waals surface area contributed by atoms with Gasteiger partial charge in [0.2, 0.25) is 0 Å². The summed E-state index contributed by atoms with van der Waals surface area (Å²) < 4.78 is 18.5. The summed E-state index contributed by atoms with van der Waals surface area (Å²) in [6, 6.07) is 17.2. The zero-order valence-electron chi connectivity index (χ0n) is 17.5. The molecule has 5 nitrogen and oxygen atoms in total. The van der Waals surface area contributed by atoms with Crippen LogP contribution in [0.3, 0.4) is 0 Å². The van der Waals surface area contributed by atoms with Crippen molar-refractivity contribution < 1.29 is 9.13 Å². The molecule has 164 valence electrons. The second-order valence-corrected chi connectivity index (χ2v) is 7.34. The Hall–Kier alpha value is -1.87. The molecule has 0 atom stereocenters. The van der Waals surface area contributed by atoms with Crippen LogP contribution in [0.5, 0.6) is 5.75 Å². The van der Waals surface area contributed by atoms with Gasteiger partial charge in [0, 0.05) is 39.3 Å². The molecule has 0 amide bonds. The van der Waals surface area contributed by atoms with E-state index < -0.39 is 0 Å². The van der Waals surface area contributed by atoms with Crippen molar-refractivity contribution in [3.8, 4) is 5.75 Å². The van der Waals surface area contributed by atoms with Crippen molar-refractivity contribution in [2.75, 3.05) is 33.3 Å². The second kappa shape index (κ2) is 13.4. The molecule has 0 unspecified atom stereocenters. The van der Waals surface area contributed by atoms with Gasteiger partial charge in [-0.05, 0) is 49.1 Å². The molecular formula is C23H32FIN4O. The minimum atomic E-state index is -0.250. The highest BCUT2D eigenvalue weighted by molar-refractivity contribution is 14.0. The summed E-state index contributed by atoms with van der Waals surface area (Å²) in [5, 5.41) is 6.88. The molecule has 7 heteroatoms. The quantitative estimate of drug-likeness (QED) is 0.236. The highest BCUT2D eigenvalue weighted by Crippen LogP contribution is 2.14. The van der Waals surface area contributed by atoms with E-state index in [1.54, 1.807) is 19.2 Å². The standard InChI is InChI=1S/C23H31FN4O.HI/c1-25-23(26-14-5-17-29-22-10-8-20(24)9-11-22)27-21-12-15-28(16-13-21)18-19-6-3-2-4-7-19;/h2-4,6-11,21H,5,12-18H2,1H3,(H2,25,26,27);1H. The molecule has 1 fully saturated rings. The summed E-state index contributed by atoms with van der Waals surface area (Å²) in [5.41, 5.74) is 1.37. The maximum atomic E-state index is 12.9. The molecule has 3 rings (SSSR count). The first-order valence-electron chi connectivity index (χ1n) is 10.3. The van der Waals surface area contributed by atoms with Gasteiger partial charge in [-0.3, -0.25) is 9.89 Å². The summed E-state index contributed by atoms with van der Waals surface area (Å²) in [6.45, 7) is 4.56. The van der Waals surface area contributed by atoms with Gasteiger partial charge >= 0.3 is 0 Å². The van der Waals surface area contributed by atoms with E-state index >= 15 is 0 Å². The minimum absolute atomic E-state index is 0. The van der Waals surface area contributed by atoms with Crippen LogP contribution in [-0.4, -0.2) is 50.2 Å². The number of hydrogen-bond acceptors (Lipinski definition) is 3. The van der Waals surface area contributed by atoms with Crippen LogP contribution in [0.4, 0.5) is 4.39 Å². The van der Waals surface area contributed by atoms with Crippen molar-refractivity contribution in [1.29, 1.82) is 0 Å². The molecule has 0 spiro atoms. The Bertz CT molecular complexity index is 750. The third-order valence-corrected chi connectivity index (χ3v) is 5.10. The lowest BCUT2D eigenvalue weighted by atomic mass is 10.0. The van der Waals surface area contributed by atoms with Gasteiger partial charge < -0.3 is 15.4 Å². The summed E-state index contributed by atoms with van der Waals surface area (Å²) >= 11 is 0. The van der Waals surface area contributed by atoms with Crippen LogP contribution in [-0.2, 0) is 6.54 Å². The number of ether oxygens (including phenoxy) is 1. The molecule has 1 saturated heterocycles. The fourth-order valence-electron chi connectivity index (χ4n) is 3.46. The fraction of sp³-hybridized carbons (Fsp3) is 0.435. The Labute approximate surface area is 196 Å². The SMILES string of the molecule is CN=C(NCCCOc1ccc(F)cc1)NC1CCN(Cc2ccccc2)CC1.I. The predicted octanol–water partition coefficient (Wildman–Crippen LogP) is 4.04. The Balaban J connectivity index is 0.00000320. The van der Waals surface area contributed by atoms with E-state index in [1.807, 2.05) is 0 Å². The van der Waals surface area contributed by atoms with Crippen LogP contribution in [0.15, 0.2) is 59.6 Å². The maximum Gasteiger partial charge on any atom is 0.191 e. The van der Waals surface area contributed by atoms with Crippen LogP contribution < -0.4 is 15.4 Å². The van der Waals surface area contributed by atoms with Gasteiger partial charge in [0.1, 0.15) is 11.6 Å². The van der Waals surface area contributed by atoms with Gasteiger partial charge in [-0.1, -0.05) is 30.3 Å². The number of piperidine rings is 1. The maximum absolute atomic E-state index is 12.9. The van der Waals surface area contributed by atoms with Gasteiger partial charge in [0.25, 0.3) is 0 Å². The molecule has 0 aliphatic carbocycles. The molecule has 1 aliphatic heterocycles. The van der Waals surface area contributed by atoms with Crippen LogP contribution in [0.1, 0.15) is 24.8 Å². The lowest BCUT2D eigenvalue weighted by Crippen LogP contribution is -2.48. The van der Waals surface area contributed by atoms with E-state index in [0.29, 0.717) is 18.4 Å². The second-order valence-electron chi connectivity index (χ2n) is 7.34. The third kappa shape index (κ3) is 8.47. The van der Waals surface area contributed by atoms with Gasteiger partial charge in [-0.15, -0.1) is 24.0 Å². The summed E-state index contributed by atoms with van der Waals surface area (Å²) in [4.78, 5) is 6.84. The molecule has 1 aliphatic rings. The molecule has 0 bridgehead atoms. The third-order valence-electron chi connectivity index (χ3n) is 5.10. The Kier molecular flexibility index (Phi) is 10.9. The van der Waals surface area contributed by atoms with Crippen LogP contribution in [0.25, 0.3) is 0 Å². The molecule has 0 saturated carbocycles. The van der Waals surface area contributed by atoms with Gasteiger partial charge in [-0.2, -0.15) is 0 Å². The highest BCUT2D eigenvalue weighted by atomic mass is 127. The number of likely N-dealkylation sites (tertiary alicyclic amines) is 1. The molecular weight excluding hydrogens is 494 g/mol. The van der Waals surface area contributed by atoms with E-state index in [2.05, 4.69) is 50.9 Å². The number of hydrogen-bond donors (Lipinski definition) is 2. The van der Waals surface area contributed by atoms with E-state index in [4.69, 9.17) is 4.74 Å². The smallest absolute Gasteiger partial charge is 0.191 e. The Morgan fingerprint density at radius 1 is 1.10 bits per heavy atom. The zero-order valence-corrected chi connectivity index (χ0v) is 19.8. The van der Waals surface area contributed by atoms with Crippen LogP contribution in [0, 0.1) is 5.82 Å². The first-order valence-corrected chi connectivity index (χ1v) is 10.3. The van der Waals surface area contributed by atoms with Crippen LogP contribution in [0.2, 0.25) is 0 Å². The molecule has 0 radical (unpaired) electrons. The summed E-state index contributed by atoms with van der Waals surface area (Å²) in [6.07, 6.45) is 3.07. The summed E-state index contributed by atoms with van der Waals surface area (Å²) in [7, 11) is 1.80. The van der Waals surface area contributed by atoms with Crippen molar-refractivity contribution in [1.82, 2.24) is 15.5 Å². The number of aliphatic imine (C=N–C) groups is 1. The number of rotatable bonds is 8. The van der Waals surface area contributed by atoms with Crippen molar-refractivity contribution in [2.24, 2.45) is 4.99 Å². The fourth-order valence-corrected chi connectivity index (χ4v) is 3.46. The van der Waals surface area contributed by atoms with Crippen molar-refractivity contribution in [2.45, 2.75) is 31.8 Å². The lowest BCUT2D eigenvalue weighted by Gasteiger charge is -2.33. The van der Waals surface area contributed by atoms with E-state index in [-0.39, 0.29) is 29.8 Å². The first kappa shape index (κ1) is 24.4. The molecule has 2 N–H and O–H groups in total. The van der Waals surface area contributed by atoms with Gasteiger partial charge in [0.15, 0.2) is 5.96 Å². The molecule has 2 aromatic carbocycles. The van der Waals surface area contributed by atoms with Crippen molar-refractivity contribution in [3.05, 3.63) is 66.0 Å². The topological polar surface area (TPSA) is 48.9 Å². The largest absolute Gasteiger partial charge is 0.494 e. The number of halogens is 2. The molecule has 2 aromatic rings. The number of benzene rings is 2. The average Bonchev–Trinajstić information content (AvgIpc) is 2.76. The zero-order chi connectivity index (χ0) is 20.3. The molecule has 1 heterocycles. The lowest BCUT2D eigenvalue weighted by molar-refractivity contribution is 0.198. The Morgan fingerprint density at radius 2 is 1.80 bits per heavy atom. The molecule has 30 heavy (non-hydrogen) atoms. The van der Waals surface area contributed by atoms with Crippen LogP contribution >= 0.6 is 24.0 Å². The van der Waals surface area contributed by atoms with E-state index in [9.17, 15) is 4.39 Å². The van der Waals surface area contributed by atoms with Crippen molar-refractivity contribution in [3.63, 3.8) is 0 Å². The minimum Gasteiger partial charge on any atom is -0.494 e. The Morgan fingerprint density at radius 3 is 2.47 bits per heavy atom. The van der Waals surface area contributed by atoms with E-state index in [1.165, 1.54) is 17.7 Å². The number of nitrogens with one attached hydrogen (secondary N) is 2. The predicted molar refractivity (Wildman–Crippen MR) is 131 cm³/mol. The summed E-state index contributed by atoms with van der Waals surface area (Å²) in [5.74, 6) is 1.28.